The van der Waals surface area contributed by atoms with Crippen LogP contribution in [-0.2, 0) is 6.54 Å². The van der Waals surface area contributed by atoms with E-state index in [4.69, 9.17) is 16.3 Å². The van der Waals surface area contributed by atoms with Crippen molar-refractivity contribution in [2.45, 2.75) is 38.7 Å². The number of rotatable bonds is 6. The van der Waals surface area contributed by atoms with Gasteiger partial charge in [-0.2, -0.15) is 0 Å². The first kappa shape index (κ1) is 16.1. The highest BCUT2D eigenvalue weighted by Crippen LogP contribution is 2.27. The third kappa shape index (κ3) is 3.50. The van der Waals surface area contributed by atoms with Gasteiger partial charge in [0.1, 0.15) is 11.6 Å². The minimum Gasteiger partial charge on any atom is -0.497 e. The lowest BCUT2D eigenvalue weighted by atomic mass is 10.3. The van der Waals surface area contributed by atoms with Crippen LogP contribution in [0.2, 0.25) is 0 Å². The van der Waals surface area contributed by atoms with Crippen LogP contribution in [0.15, 0.2) is 18.2 Å². The number of halogens is 1. The van der Waals surface area contributed by atoms with E-state index in [-0.39, 0.29) is 5.38 Å². The Labute approximate surface area is 131 Å². The van der Waals surface area contributed by atoms with Crippen LogP contribution in [0.1, 0.15) is 32.0 Å². The van der Waals surface area contributed by atoms with Crippen molar-refractivity contribution in [2.75, 3.05) is 20.7 Å². The summed E-state index contributed by atoms with van der Waals surface area (Å²) in [5.74, 6) is 1.73. The molecule has 1 atom stereocenters. The maximum Gasteiger partial charge on any atom is 0.127 e. The van der Waals surface area contributed by atoms with Crippen molar-refractivity contribution < 1.29 is 4.74 Å². The van der Waals surface area contributed by atoms with Crippen LogP contribution >= 0.6 is 11.6 Å². The minimum absolute atomic E-state index is 0.118. The van der Waals surface area contributed by atoms with Crippen LogP contribution in [0.25, 0.3) is 11.0 Å². The second kappa shape index (κ2) is 6.67. The lowest BCUT2D eigenvalue weighted by molar-refractivity contribution is 0.263. The van der Waals surface area contributed by atoms with Gasteiger partial charge in [0, 0.05) is 25.2 Å². The van der Waals surface area contributed by atoms with Crippen molar-refractivity contribution >= 4 is 22.6 Å². The van der Waals surface area contributed by atoms with Gasteiger partial charge in [-0.1, -0.05) is 0 Å². The molecule has 1 aromatic heterocycles. The van der Waals surface area contributed by atoms with E-state index in [1.807, 2.05) is 19.1 Å². The topological polar surface area (TPSA) is 30.3 Å². The van der Waals surface area contributed by atoms with Gasteiger partial charge in [-0.3, -0.25) is 0 Å². The zero-order valence-corrected chi connectivity index (χ0v) is 14.2. The fraction of sp³-hybridized carbons (Fsp3) is 0.562. The number of alkyl halides is 1. The molecule has 0 aliphatic heterocycles. The molecule has 1 aromatic carbocycles. The van der Waals surface area contributed by atoms with Crippen molar-refractivity contribution in [3.63, 3.8) is 0 Å². The van der Waals surface area contributed by atoms with E-state index in [2.05, 4.69) is 41.4 Å². The summed E-state index contributed by atoms with van der Waals surface area (Å²) < 4.78 is 7.48. The number of hydrogen-bond acceptors (Lipinski definition) is 3. The highest BCUT2D eigenvalue weighted by molar-refractivity contribution is 6.20. The number of benzene rings is 1. The van der Waals surface area contributed by atoms with Gasteiger partial charge in [0.25, 0.3) is 0 Å². The molecular weight excluding hydrogens is 286 g/mol. The fourth-order valence-electron chi connectivity index (χ4n) is 2.31. The Morgan fingerprint density at radius 2 is 2.05 bits per heavy atom. The normalized spacial score (nSPS) is 13.3. The Morgan fingerprint density at radius 1 is 1.33 bits per heavy atom. The molecule has 0 spiro atoms. The largest absolute Gasteiger partial charge is 0.497 e. The summed E-state index contributed by atoms with van der Waals surface area (Å²) >= 11 is 6.30. The van der Waals surface area contributed by atoms with Crippen molar-refractivity contribution in [1.82, 2.24) is 14.5 Å². The Kier molecular flexibility index (Phi) is 5.12. The van der Waals surface area contributed by atoms with E-state index < -0.39 is 0 Å². The van der Waals surface area contributed by atoms with Gasteiger partial charge in [0.05, 0.1) is 23.5 Å². The molecule has 0 bridgehead atoms. The molecular formula is C16H24ClN3O. The second-order valence-electron chi connectivity index (χ2n) is 5.67. The molecule has 5 heteroatoms. The second-order valence-corrected chi connectivity index (χ2v) is 6.32. The number of aromatic nitrogens is 2. The van der Waals surface area contributed by atoms with Crippen LogP contribution in [0.3, 0.4) is 0 Å². The quantitative estimate of drug-likeness (QED) is 0.762. The lowest BCUT2D eigenvalue weighted by Gasteiger charge is -2.22. The van der Waals surface area contributed by atoms with Gasteiger partial charge in [0.15, 0.2) is 0 Å². The van der Waals surface area contributed by atoms with Crippen molar-refractivity contribution in [2.24, 2.45) is 0 Å². The van der Waals surface area contributed by atoms with Gasteiger partial charge < -0.3 is 14.2 Å². The Bertz CT molecular complexity index is 607. The highest BCUT2D eigenvalue weighted by atomic mass is 35.5. The number of ether oxygens (including phenoxy) is 1. The Balaban J connectivity index is 2.37. The molecule has 0 amide bonds. The molecule has 21 heavy (non-hydrogen) atoms. The van der Waals surface area contributed by atoms with E-state index in [0.29, 0.717) is 6.04 Å². The van der Waals surface area contributed by atoms with E-state index in [1.54, 1.807) is 7.11 Å². The van der Waals surface area contributed by atoms with Gasteiger partial charge >= 0.3 is 0 Å². The van der Waals surface area contributed by atoms with Gasteiger partial charge in [-0.25, -0.2) is 4.98 Å². The first-order valence-electron chi connectivity index (χ1n) is 7.32. The van der Waals surface area contributed by atoms with Crippen molar-refractivity contribution in [1.29, 1.82) is 0 Å². The van der Waals surface area contributed by atoms with Gasteiger partial charge in [-0.05, 0) is 40.0 Å². The summed E-state index contributed by atoms with van der Waals surface area (Å²) in [7, 11) is 3.80. The number of likely N-dealkylation sites (N-methyl/N-ethyl adjacent to an activating group) is 1. The third-order valence-electron chi connectivity index (χ3n) is 3.90. The first-order chi connectivity index (χ1) is 9.93. The zero-order valence-electron chi connectivity index (χ0n) is 13.4. The van der Waals surface area contributed by atoms with E-state index in [9.17, 15) is 0 Å². The Hall–Kier alpha value is -1.26. The highest BCUT2D eigenvalue weighted by Gasteiger charge is 2.16. The van der Waals surface area contributed by atoms with Gasteiger partial charge in [0.2, 0.25) is 0 Å². The first-order valence-corrected chi connectivity index (χ1v) is 7.76. The fourth-order valence-corrected chi connectivity index (χ4v) is 2.48. The molecule has 0 radical (unpaired) electrons. The number of hydrogen-bond donors (Lipinski definition) is 0. The van der Waals surface area contributed by atoms with Crippen molar-refractivity contribution in [3.8, 4) is 5.75 Å². The molecule has 0 saturated heterocycles. The number of methoxy groups -OCH3 is 1. The molecule has 2 rings (SSSR count). The standard InChI is InChI=1S/C16H24ClN3O/c1-11(2)19(4)8-9-20-15-7-6-13(21-5)10-14(15)18-16(20)12(3)17/h6-7,10-12H,8-9H2,1-5H3. The predicted octanol–water partition coefficient (Wildman–Crippen LogP) is 3.68. The number of fused-ring (bicyclic) bond motifs is 1. The molecule has 0 saturated carbocycles. The molecule has 1 heterocycles. The molecule has 1 unspecified atom stereocenters. The van der Waals surface area contributed by atoms with E-state index >= 15 is 0 Å². The van der Waals surface area contributed by atoms with Crippen LogP contribution in [-0.4, -0.2) is 41.2 Å². The maximum absolute atomic E-state index is 6.30. The summed E-state index contributed by atoms with van der Waals surface area (Å²) in [5.41, 5.74) is 2.04. The third-order valence-corrected chi connectivity index (χ3v) is 4.09. The van der Waals surface area contributed by atoms with Gasteiger partial charge in [-0.15, -0.1) is 11.6 Å². The maximum atomic E-state index is 6.30. The lowest BCUT2D eigenvalue weighted by Crippen LogP contribution is -2.30. The summed E-state index contributed by atoms with van der Waals surface area (Å²) in [6, 6.07) is 6.51. The molecule has 0 aliphatic rings. The van der Waals surface area contributed by atoms with E-state index in [1.165, 1.54) is 0 Å². The van der Waals surface area contributed by atoms with Crippen LogP contribution in [0.5, 0.6) is 5.75 Å². The van der Waals surface area contributed by atoms with Crippen LogP contribution in [0.4, 0.5) is 0 Å². The average Bonchev–Trinajstić information content (AvgIpc) is 2.82. The predicted molar refractivity (Wildman–Crippen MR) is 88.3 cm³/mol. The summed E-state index contributed by atoms with van der Waals surface area (Å²) in [6.07, 6.45) is 0. The van der Waals surface area contributed by atoms with E-state index in [0.717, 1.165) is 35.7 Å². The molecule has 0 aliphatic carbocycles. The van der Waals surface area contributed by atoms with Crippen LogP contribution in [0, 0.1) is 0 Å². The SMILES string of the molecule is COc1ccc2c(c1)nc(C(C)Cl)n2CCN(C)C(C)C. The average molecular weight is 310 g/mol. The number of nitrogens with zero attached hydrogens (tertiary/aromatic N) is 3. The molecule has 0 fully saturated rings. The molecule has 0 N–H and O–H groups in total. The van der Waals surface area contributed by atoms with Crippen LogP contribution < -0.4 is 4.74 Å². The summed E-state index contributed by atoms with van der Waals surface area (Å²) in [4.78, 5) is 6.99. The molecule has 116 valence electrons. The summed E-state index contributed by atoms with van der Waals surface area (Å²) in [5, 5.41) is -0.118. The monoisotopic (exact) mass is 309 g/mol. The molecule has 4 nitrogen and oxygen atoms in total. The Morgan fingerprint density at radius 3 is 2.62 bits per heavy atom. The van der Waals surface area contributed by atoms with Crippen molar-refractivity contribution in [3.05, 3.63) is 24.0 Å². The summed E-state index contributed by atoms with van der Waals surface area (Å²) in [6.45, 7) is 8.20. The number of imidazole rings is 1. The molecule has 2 aromatic rings. The smallest absolute Gasteiger partial charge is 0.127 e. The zero-order chi connectivity index (χ0) is 15.6. The minimum atomic E-state index is -0.118.